The minimum Gasteiger partial charge on any atom is -0.490 e. The largest absolute Gasteiger partial charge is 0.490 e. The summed E-state index contributed by atoms with van der Waals surface area (Å²) in [6.45, 7) is 2.40. The predicted molar refractivity (Wildman–Crippen MR) is 121 cm³/mol. The van der Waals surface area contributed by atoms with Crippen LogP contribution in [0, 0.1) is 27.2 Å². The van der Waals surface area contributed by atoms with Gasteiger partial charge in [-0.25, -0.2) is 0 Å². The molecule has 0 saturated heterocycles. The molecule has 0 aliphatic rings. The average molecular weight is 551 g/mol. The van der Waals surface area contributed by atoms with Crippen LogP contribution in [0.15, 0.2) is 46.4 Å². The van der Waals surface area contributed by atoms with E-state index in [9.17, 15) is 10.1 Å². The maximum Gasteiger partial charge on any atom is 0.266 e. The lowest BCUT2D eigenvalue weighted by Gasteiger charge is -2.13. The molecule has 1 amide bonds. The summed E-state index contributed by atoms with van der Waals surface area (Å²) in [5.41, 5.74) is 1.19. The summed E-state index contributed by atoms with van der Waals surface area (Å²) in [5.74, 6) is 2.96. The lowest BCUT2D eigenvalue weighted by molar-refractivity contribution is -0.112. The molecule has 0 unspecified atom stereocenters. The molecule has 0 radical (unpaired) electrons. The van der Waals surface area contributed by atoms with E-state index >= 15 is 0 Å². The Morgan fingerprint density at radius 2 is 2.14 bits per heavy atom. The number of carbonyl (C=O) groups excluding carboxylic acids is 1. The molecule has 0 aromatic heterocycles. The van der Waals surface area contributed by atoms with Gasteiger partial charge < -0.3 is 14.8 Å². The number of carbonyl (C=O) groups is 1. The third-order valence-electron chi connectivity index (χ3n) is 3.39. The first kappa shape index (κ1) is 21.8. The van der Waals surface area contributed by atoms with Gasteiger partial charge in [-0.3, -0.25) is 4.79 Å². The van der Waals surface area contributed by atoms with E-state index in [1.54, 1.807) is 30.3 Å². The van der Waals surface area contributed by atoms with Gasteiger partial charge in [0.2, 0.25) is 0 Å². The molecule has 0 fully saturated rings. The van der Waals surface area contributed by atoms with Crippen molar-refractivity contribution in [3.8, 4) is 29.9 Å². The number of nitriles is 1. The zero-order chi connectivity index (χ0) is 20.5. The van der Waals surface area contributed by atoms with Crippen molar-refractivity contribution in [2.45, 2.75) is 6.92 Å². The molecule has 142 valence electrons. The van der Waals surface area contributed by atoms with E-state index in [1.807, 2.05) is 19.1 Å². The fourth-order valence-electron chi connectivity index (χ4n) is 2.27. The molecule has 7 heteroatoms. The highest BCUT2D eigenvalue weighted by Gasteiger charge is 2.14. The number of anilines is 1. The summed E-state index contributed by atoms with van der Waals surface area (Å²) < 4.78 is 12.8. The van der Waals surface area contributed by atoms with Crippen LogP contribution in [0.4, 0.5) is 5.69 Å². The second kappa shape index (κ2) is 10.7. The van der Waals surface area contributed by atoms with Crippen molar-refractivity contribution in [1.82, 2.24) is 0 Å². The summed E-state index contributed by atoms with van der Waals surface area (Å²) in [7, 11) is 0. The molecule has 5 nitrogen and oxygen atoms in total. The summed E-state index contributed by atoms with van der Waals surface area (Å²) >= 11 is 5.44. The summed E-state index contributed by atoms with van der Waals surface area (Å²) in [4.78, 5) is 12.5. The number of rotatable bonds is 7. The van der Waals surface area contributed by atoms with Crippen molar-refractivity contribution in [1.29, 1.82) is 5.26 Å². The lowest BCUT2D eigenvalue weighted by atomic mass is 10.1. The van der Waals surface area contributed by atoms with Crippen LogP contribution < -0.4 is 14.8 Å². The third kappa shape index (κ3) is 6.01. The standard InChI is InChI=1S/C21H16BrIN2O3/c1-3-8-28-20-18(23)10-14(11-19(20)27-4-2)9-15(13-24)21(26)25-17-7-5-6-16(22)12-17/h1,5-7,9-12H,4,8H2,2H3,(H,25,26)/b15-9-. The number of amides is 1. The van der Waals surface area contributed by atoms with Gasteiger partial charge in [0.1, 0.15) is 18.2 Å². The maximum absolute atomic E-state index is 12.5. The molecule has 28 heavy (non-hydrogen) atoms. The van der Waals surface area contributed by atoms with Crippen molar-refractivity contribution < 1.29 is 14.3 Å². The number of benzene rings is 2. The Balaban J connectivity index is 2.33. The van der Waals surface area contributed by atoms with Crippen molar-refractivity contribution in [2.24, 2.45) is 0 Å². The minimum atomic E-state index is -0.499. The van der Waals surface area contributed by atoms with Crippen molar-refractivity contribution in [3.05, 3.63) is 55.6 Å². The Bertz CT molecular complexity index is 990. The van der Waals surface area contributed by atoms with Crippen molar-refractivity contribution in [3.63, 3.8) is 0 Å². The monoisotopic (exact) mass is 550 g/mol. The highest BCUT2D eigenvalue weighted by Crippen LogP contribution is 2.35. The summed E-state index contributed by atoms with van der Waals surface area (Å²) in [6, 6.07) is 12.6. The number of hydrogen-bond acceptors (Lipinski definition) is 4. The highest BCUT2D eigenvalue weighted by atomic mass is 127. The molecule has 0 aliphatic heterocycles. The average Bonchev–Trinajstić information content (AvgIpc) is 2.65. The van der Waals surface area contributed by atoms with Crippen LogP contribution in [0.1, 0.15) is 12.5 Å². The van der Waals surface area contributed by atoms with Gasteiger partial charge in [-0.15, -0.1) is 6.42 Å². The minimum absolute atomic E-state index is 0.0319. The van der Waals surface area contributed by atoms with E-state index in [0.29, 0.717) is 29.4 Å². The van der Waals surface area contributed by atoms with Crippen LogP contribution in [-0.2, 0) is 4.79 Å². The molecule has 2 aromatic rings. The topological polar surface area (TPSA) is 71.3 Å². The van der Waals surface area contributed by atoms with Gasteiger partial charge in [0.15, 0.2) is 11.5 Å². The number of terminal acetylenes is 1. The molecule has 0 bridgehead atoms. The molecule has 0 heterocycles. The highest BCUT2D eigenvalue weighted by molar-refractivity contribution is 14.1. The van der Waals surface area contributed by atoms with Gasteiger partial charge in [0, 0.05) is 10.2 Å². The smallest absolute Gasteiger partial charge is 0.266 e. The van der Waals surface area contributed by atoms with Gasteiger partial charge in [-0.2, -0.15) is 5.26 Å². The van der Waals surface area contributed by atoms with Crippen LogP contribution >= 0.6 is 38.5 Å². The molecular formula is C21H16BrIN2O3. The van der Waals surface area contributed by atoms with Crippen LogP contribution in [0.25, 0.3) is 6.08 Å². The Hall–Kier alpha value is -2.49. The molecule has 0 spiro atoms. The number of nitrogens with zero attached hydrogens (tertiary/aromatic N) is 1. The van der Waals surface area contributed by atoms with Crippen LogP contribution in [0.3, 0.4) is 0 Å². The number of hydrogen-bond donors (Lipinski definition) is 1. The molecular weight excluding hydrogens is 535 g/mol. The molecule has 0 aliphatic carbocycles. The van der Waals surface area contributed by atoms with E-state index in [-0.39, 0.29) is 12.2 Å². The SMILES string of the molecule is C#CCOc1c(I)cc(/C=C(/C#N)C(=O)Nc2cccc(Br)c2)cc1OCC. The normalized spacial score (nSPS) is 10.5. The molecule has 1 N–H and O–H groups in total. The van der Waals surface area contributed by atoms with Crippen LogP contribution in [-0.4, -0.2) is 19.1 Å². The number of nitrogens with one attached hydrogen (secondary N) is 1. The first-order chi connectivity index (χ1) is 13.5. The molecule has 0 atom stereocenters. The van der Waals surface area contributed by atoms with E-state index in [4.69, 9.17) is 15.9 Å². The fourth-order valence-corrected chi connectivity index (χ4v) is 3.45. The Morgan fingerprint density at radius 1 is 1.36 bits per heavy atom. The van der Waals surface area contributed by atoms with Crippen molar-refractivity contribution >= 4 is 56.2 Å². The summed E-state index contributed by atoms with van der Waals surface area (Å²) in [6.07, 6.45) is 6.76. The second-order valence-corrected chi connectivity index (χ2v) is 7.47. The Labute approximate surface area is 186 Å². The van der Waals surface area contributed by atoms with Gasteiger partial charge in [-0.05, 0) is 71.5 Å². The Kier molecular flexibility index (Phi) is 8.37. The quantitative estimate of drug-likeness (QED) is 0.228. The predicted octanol–water partition coefficient (Wildman–Crippen LogP) is 5.01. The molecule has 2 aromatic carbocycles. The fraction of sp³-hybridized carbons (Fsp3) is 0.143. The third-order valence-corrected chi connectivity index (χ3v) is 4.68. The van der Waals surface area contributed by atoms with Gasteiger partial charge in [0.05, 0.1) is 10.2 Å². The second-order valence-electron chi connectivity index (χ2n) is 5.39. The van der Waals surface area contributed by atoms with E-state index in [0.717, 1.165) is 8.04 Å². The zero-order valence-corrected chi connectivity index (χ0v) is 18.7. The van der Waals surface area contributed by atoms with E-state index in [1.165, 1.54) is 6.08 Å². The molecule has 2 rings (SSSR count). The van der Waals surface area contributed by atoms with Crippen LogP contribution in [0.5, 0.6) is 11.5 Å². The van der Waals surface area contributed by atoms with E-state index < -0.39 is 5.91 Å². The first-order valence-electron chi connectivity index (χ1n) is 8.19. The maximum atomic E-state index is 12.5. The van der Waals surface area contributed by atoms with Gasteiger partial charge >= 0.3 is 0 Å². The zero-order valence-electron chi connectivity index (χ0n) is 15.0. The van der Waals surface area contributed by atoms with E-state index in [2.05, 4.69) is 49.8 Å². The van der Waals surface area contributed by atoms with Crippen molar-refractivity contribution in [2.75, 3.05) is 18.5 Å². The van der Waals surface area contributed by atoms with Gasteiger partial charge in [-0.1, -0.05) is 27.9 Å². The first-order valence-corrected chi connectivity index (χ1v) is 10.1. The molecule has 0 saturated carbocycles. The number of halogens is 2. The lowest BCUT2D eigenvalue weighted by Crippen LogP contribution is -2.13. The summed E-state index contributed by atoms with van der Waals surface area (Å²) in [5, 5.41) is 12.1. The van der Waals surface area contributed by atoms with Gasteiger partial charge in [0.25, 0.3) is 5.91 Å². The Morgan fingerprint density at radius 3 is 2.79 bits per heavy atom. The van der Waals surface area contributed by atoms with Crippen LogP contribution in [0.2, 0.25) is 0 Å². The number of ether oxygens (including phenoxy) is 2.